The van der Waals surface area contributed by atoms with Crippen LogP contribution in [0.3, 0.4) is 0 Å². The molecule has 0 aliphatic heterocycles. The summed E-state index contributed by atoms with van der Waals surface area (Å²) in [6.07, 6.45) is 0.549. The molecule has 0 radical (unpaired) electrons. The van der Waals surface area contributed by atoms with Crippen LogP contribution in [0.4, 0.5) is 0 Å². The minimum atomic E-state index is -3.06. The number of hydrogen-bond acceptors (Lipinski definition) is 1. The maximum atomic E-state index is 6.83. The first-order chi connectivity index (χ1) is 13.3. The molecule has 0 unspecified atom stereocenters. The molecule has 2 N–H and O–H groups in total. The Morgan fingerprint density at radius 1 is 0.407 bits per heavy atom. The van der Waals surface area contributed by atoms with Crippen molar-refractivity contribution in [2.75, 3.05) is 6.29 Å². The van der Waals surface area contributed by atoms with Crippen LogP contribution in [-0.2, 0) is 0 Å². The van der Waals surface area contributed by atoms with Gasteiger partial charge in [-0.05, 0) is 0 Å². The van der Waals surface area contributed by atoms with Gasteiger partial charge in [-0.3, -0.25) is 0 Å². The molecule has 0 spiro atoms. The van der Waals surface area contributed by atoms with E-state index in [4.69, 9.17) is 5.73 Å². The third kappa shape index (κ3) is 2.47. The first-order valence-electron chi connectivity index (χ1n) is 9.26. The third-order valence-corrected chi connectivity index (χ3v) is 12.2. The second kappa shape index (κ2) is 7.12. The summed E-state index contributed by atoms with van der Waals surface area (Å²) in [7, 11) is 0. The van der Waals surface area contributed by atoms with E-state index in [0.29, 0.717) is 6.29 Å². The van der Waals surface area contributed by atoms with Crippen molar-refractivity contribution >= 4 is 27.8 Å². The normalized spacial score (nSPS) is 12.9. The van der Waals surface area contributed by atoms with Gasteiger partial charge in [-0.25, -0.2) is 0 Å². The molecule has 1 nitrogen and oxygen atoms in total. The zero-order chi connectivity index (χ0) is 18.6. The fraction of sp³-hybridized carbons (Fsp3) is 0.0400. The molecule has 0 aliphatic rings. The second-order valence-corrected chi connectivity index (χ2v) is 11.9. The second-order valence-electron chi connectivity index (χ2n) is 6.83. The van der Waals surface area contributed by atoms with Crippen molar-refractivity contribution in [3.8, 4) is 0 Å². The Balaban J connectivity index is 2.27. The van der Waals surface area contributed by atoms with Crippen molar-refractivity contribution in [1.82, 2.24) is 0 Å². The van der Waals surface area contributed by atoms with E-state index in [1.54, 1.807) is 0 Å². The molecule has 27 heavy (non-hydrogen) atoms. The van der Waals surface area contributed by atoms with Crippen LogP contribution < -0.4 is 27.0 Å². The fourth-order valence-electron chi connectivity index (χ4n) is 4.34. The van der Waals surface area contributed by atoms with Crippen molar-refractivity contribution in [3.63, 3.8) is 0 Å². The fourth-order valence-corrected chi connectivity index (χ4v) is 10.3. The molecule has 0 atom stereocenters. The van der Waals surface area contributed by atoms with Gasteiger partial charge in [0.1, 0.15) is 0 Å². The number of nitrogens with two attached hydrogens (primary N) is 1. The zero-order valence-corrected chi connectivity index (χ0v) is 16.2. The molecule has 0 saturated carbocycles. The van der Waals surface area contributed by atoms with E-state index in [0.717, 1.165) is 0 Å². The van der Waals surface area contributed by atoms with E-state index in [1.165, 1.54) is 21.2 Å². The van der Waals surface area contributed by atoms with Gasteiger partial charge in [-0.1, -0.05) is 0 Å². The number of rotatable bonds is 5. The molecule has 2 heteroatoms. The van der Waals surface area contributed by atoms with Crippen LogP contribution in [-0.4, -0.2) is 6.29 Å². The standard InChI is InChI=1S/C25H24NP/c26-21-27(22-13-5-1-6-14-22,23-15-7-2-8-16-23,24-17-9-3-10-18-24)25-19-11-4-12-20-25/h1-20H,21,26H2. The first kappa shape index (κ1) is 17.7. The molecule has 0 aliphatic carbocycles. The zero-order valence-electron chi connectivity index (χ0n) is 15.3. The Hall–Kier alpha value is -2.73. The van der Waals surface area contributed by atoms with Crippen molar-refractivity contribution in [3.05, 3.63) is 121 Å². The van der Waals surface area contributed by atoms with Crippen LogP contribution in [0.1, 0.15) is 0 Å². The van der Waals surface area contributed by atoms with Gasteiger partial charge in [0.2, 0.25) is 0 Å². The number of benzene rings is 4. The summed E-state index contributed by atoms with van der Waals surface area (Å²) >= 11 is 0. The molecule has 0 heterocycles. The van der Waals surface area contributed by atoms with Crippen molar-refractivity contribution < 1.29 is 0 Å². The summed E-state index contributed by atoms with van der Waals surface area (Å²) in [5.74, 6) is 0. The predicted molar refractivity (Wildman–Crippen MR) is 120 cm³/mol. The monoisotopic (exact) mass is 369 g/mol. The molecule has 4 aromatic rings. The van der Waals surface area contributed by atoms with Crippen molar-refractivity contribution in [2.45, 2.75) is 0 Å². The van der Waals surface area contributed by atoms with Gasteiger partial charge < -0.3 is 0 Å². The van der Waals surface area contributed by atoms with Gasteiger partial charge in [0.15, 0.2) is 0 Å². The Morgan fingerprint density at radius 2 is 0.630 bits per heavy atom. The average molecular weight is 369 g/mol. The Morgan fingerprint density at radius 3 is 0.815 bits per heavy atom. The molecule has 0 fully saturated rings. The van der Waals surface area contributed by atoms with Crippen LogP contribution in [0, 0.1) is 0 Å². The van der Waals surface area contributed by atoms with Crippen molar-refractivity contribution in [2.24, 2.45) is 5.73 Å². The Bertz CT molecular complexity index is 830. The SMILES string of the molecule is NCP(c1ccccc1)(c1ccccc1)(c1ccccc1)c1ccccc1. The molecule has 0 amide bonds. The van der Waals surface area contributed by atoms with Gasteiger partial charge in [-0.2, -0.15) is 0 Å². The van der Waals surface area contributed by atoms with Crippen LogP contribution in [0.2, 0.25) is 0 Å². The van der Waals surface area contributed by atoms with Gasteiger partial charge in [-0.15, -0.1) is 0 Å². The average Bonchev–Trinajstić information content (AvgIpc) is 2.78. The third-order valence-electron chi connectivity index (χ3n) is 5.67. The molecule has 0 bridgehead atoms. The van der Waals surface area contributed by atoms with Crippen LogP contribution >= 0.6 is 6.60 Å². The molecular formula is C25H24NP. The van der Waals surface area contributed by atoms with Gasteiger partial charge in [0.25, 0.3) is 0 Å². The maximum absolute atomic E-state index is 6.83. The van der Waals surface area contributed by atoms with Crippen LogP contribution in [0.25, 0.3) is 0 Å². The summed E-state index contributed by atoms with van der Waals surface area (Å²) in [6, 6.07) is 43.3. The van der Waals surface area contributed by atoms with E-state index in [2.05, 4.69) is 121 Å². The van der Waals surface area contributed by atoms with Crippen molar-refractivity contribution in [1.29, 1.82) is 0 Å². The number of hydrogen-bond donors (Lipinski definition) is 1. The van der Waals surface area contributed by atoms with E-state index in [-0.39, 0.29) is 0 Å². The van der Waals surface area contributed by atoms with Crippen LogP contribution in [0.5, 0.6) is 0 Å². The molecule has 4 rings (SSSR count). The van der Waals surface area contributed by atoms with E-state index < -0.39 is 6.60 Å². The Labute approximate surface area is 161 Å². The summed E-state index contributed by atoms with van der Waals surface area (Å²) < 4.78 is 0. The van der Waals surface area contributed by atoms with Gasteiger partial charge >= 0.3 is 161 Å². The van der Waals surface area contributed by atoms with E-state index in [1.807, 2.05) is 0 Å². The topological polar surface area (TPSA) is 26.0 Å². The first-order valence-corrected chi connectivity index (χ1v) is 11.7. The summed E-state index contributed by atoms with van der Waals surface area (Å²) in [5.41, 5.74) is 6.83. The minimum absolute atomic E-state index is 0.549. The molecule has 0 aromatic heterocycles. The quantitative estimate of drug-likeness (QED) is 0.533. The predicted octanol–water partition coefficient (Wildman–Crippen LogP) is 3.76. The summed E-state index contributed by atoms with van der Waals surface area (Å²) in [4.78, 5) is 0. The van der Waals surface area contributed by atoms with Gasteiger partial charge in [0.05, 0.1) is 0 Å². The summed E-state index contributed by atoms with van der Waals surface area (Å²) in [6.45, 7) is -3.06. The molecular weight excluding hydrogens is 345 g/mol. The summed E-state index contributed by atoms with van der Waals surface area (Å²) in [5, 5.41) is 5.20. The molecule has 134 valence electrons. The van der Waals surface area contributed by atoms with E-state index >= 15 is 0 Å². The molecule has 0 saturated heterocycles. The molecule has 4 aromatic carbocycles. The van der Waals surface area contributed by atoms with Crippen LogP contribution in [0.15, 0.2) is 121 Å². The Kier molecular flexibility index (Phi) is 4.66. The van der Waals surface area contributed by atoms with Gasteiger partial charge in [0, 0.05) is 0 Å². The van der Waals surface area contributed by atoms with E-state index in [9.17, 15) is 0 Å².